The van der Waals surface area contributed by atoms with Crippen LogP contribution in [0.25, 0.3) is 0 Å². The van der Waals surface area contributed by atoms with Gasteiger partial charge in [-0.1, -0.05) is 60.7 Å². The van der Waals surface area contributed by atoms with E-state index in [-0.39, 0.29) is 24.5 Å². The van der Waals surface area contributed by atoms with Crippen molar-refractivity contribution in [2.24, 2.45) is 0 Å². The van der Waals surface area contributed by atoms with E-state index in [0.717, 1.165) is 24.2 Å². The number of carbonyl (C=O) groups excluding carboxylic acids is 3. The molecule has 2 aliphatic heterocycles. The number of urea groups is 1. The molecule has 0 bridgehead atoms. The number of hydrogen-bond donors (Lipinski definition) is 1. The molecule has 4 rings (SSSR count). The van der Waals surface area contributed by atoms with E-state index in [4.69, 9.17) is 0 Å². The maximum atomic E-state index is 13.7. The van der Waals surface area contributed by atoms with Gasteiger partial charge in [0.05, 0.1) is 0 Å². The number of imide groups is 1. The Labute approximate surface area is 176 Å². The van der Waals surface area contributed by atoms with Crippen molar-refractivity contribution in [3.8, 4) is 0 Å². The smallest absolute Gasteiger partial charge is 0.326 e. The van der Waals surface area contributed by atoms with Crippen LogP contribution >= 0.6 is 0 Å². The minimum atomic E-state index is -1.33. The van der Waals surface area contributed by atoms with Crippen LogP contribution in [0.3, 0.4) is 0 Å². The van der Waals surface area contributed by atoms with Gasteiger partial charge in [0.25, 0.3) is 5.91 Å². The highest BCUT2D eigenvalue weighted by Gasteiger charge is 2.54. The molecule has 156 valence electrons. The Morgan fingerprint density at radius 3 is 1.93 bits per heavy atom. The molecule has 4 amide bonds. The van der Waals surface area contributed by atoms with Gasteiger partial charge in [0.1, 0.15) is 6.54 Å². The zero-order chi connectivity index (χ0) is 21.3. The zero-order valence-corrected chi connectivity index (χ0v) is 17.4. The first kappa shape index (κ1) is 20.1. The van der Waals surface area contributed by atoms with Crippen molar-refractivity contribution >= 4 is 17.8 Å². The fraction of sp³-hybridized carbons (Fsp3) is 0.375. The molecule has 2 aromatic rings. The van der Waals surface area contributed by atoms with Crippen LogP contribution in [0.2, 0.25) is 0 Å². The lowest BCUT2D eigenvalue weighted by molar-refractivity contribution is -0.142. The van der Waals surface area contributed by atoms with Crippen molar-refractivity contribution < 1.29 is 14.4 Å². The first-order chi connectivity index (χ1) is 14.4. The van der Waals surface area contributed by atoms with Crippen LogP contribution in [0.4, 0.5) is 4.79 Å². The van der Waals surface area contributed by atoms with Crippen LogP contribution in [0, 0.1) is 0 Å². The predicted octanol–water partition coefficient (Wildman–Crippen LogP) is 3.27. The number of rotatable bonds is 4. The molecule has 2 unspecified atom stereocenters. The SMILES string of the molecule is CC1CCCC(C)N1C(=O)CN1C(=O)NC(c2ccccc2)(c2ccccc2)C1=O. The monoisotopic (exact) mass is 405 g/mol. The highest BCUT2D eigenvalue weighted by molar-refractivity contribution is 6.11. The van der Waals surface area contributed by atoms with Crippen LogP contribution < -0.4 is 5.32 Å². The third-order valence-electron chi connectivity index (χ3n) is 6.29. The van der Waals surface area contributed by atoms with Gasteiger partial charge in [-0.2, -0.15) is 0 Å². The Bertz CT molecular complexity index is 895. The number of benzene rings is 2. The van der Waals surface area contributed by atoms with Crippen molar-refractivity contribution in [1.82, 2.24) is 15.1 Å². The average molecular weight is 405 g/mol. The van der Waals surface area contributed by atoms with E-state index >= 15 is 0 Å². The molecule has 2 fully saturated rings. The quantitative estimate of drug-likeness (QED) is 0.794. The topological polar surface area (TPSA) is 69.7 Å². The largest absolute Gasteiger partial charge is 0.336 e. The van der Waals surface area contributed by atoms with Crippen molar-refractivity contribution in [2.45, 2.75) is 50.7 Å². The summed E-state index contributed by atoms with van der Waals surface area (Å²) in [7, 11) is 0. The standard InChI is InChI=1S/C24H27N3O3/c1-17-10-9-11-18(2)27(17)21(28)16-26-22(29)24(25-23(26)30,19-12-5-3-6-13-19)20-14-7-4-8-15-20/h3-8,12-15,17-18H,9-11,16H2,1-2H3,(H,25,30). The van der Waals surface area contributed by atoms with Crippen molar-refractivity contribution in [2.75, 3.05) is 6.54 Å². The lowest BCUT2D eigenvalue weighted by atomic mass is 9.82. The van der Waals surface area contributed by atoms with E-state index in [2.05, 4.69) is 5.32 Å². The Kier molecular flexibility index (Phi) is 5.33. The molecule has 2 aromatic carbocycles. The highest BCUT2D eigenvalue weighted by atomic mass is 16.2. The molecule has 1 N–H and O–H groups in total. The molecule has 2 heterocycles. The molecule has 2 atom stereocenters. The van der Waals surface area contributed by atoms with Crippen molar-refractivity contribution in [1.29, 1.82) is 0 Å². The first-order valence-corrected chi connectivity index (χ1v) is 10.5. The van der Waals surface area contributed by atoms with Crippen LogP contribution in [0.5, 0.6) is 0 Å². The number of hydrogen-bond acceptors (Lipinski definition) is 3. The van der Waals surface area contributed by atoms with Gasteiger partial charge in [0.2, 0.25) is 5.91 Å². The van der Waals surface area contributed by atoms with Crippen LogP contribution in [-0.2, 0) is 15.1 Å². The summed E-state index contributed by atoms with van der Waals surface area (Å²) in [6.07, 6.45) is 2.96. The lowest BCUT2D eigenvalue weighted by Crippen LogP contribution is -2.52. The summed E-state index contributed by atoms with van der Waals surface area (Å²) in [4.78, 5) is 42.6. The fourth-order valence-electron chi connectivity index (χ4n) is 4.78. The number of amides is 4. The van der Waals surface area contributed by atoms with E-state index in [0.29, 0.717) is 11.1 Å². The van der Waals surface area contributed by atoms with E-state index in [1.54, 1.807) is 0 Å². The van der Waals surface area contributed by atoms with Gasteiger partial charge < -0.3 is 10.2 Å². The van der Waals surface area contributed by atoms with E-state index < -0.39 is 17.5 Å². The Morgan fingerprint density at radius 2 is 1.43 bits per heavy atom. The number of likely N-dealkylation sites (tertiary alicyclic amines) is 1. The second-order valence-corrected chi connectivity index (χ2v) is 8.23. The minimum Gasteiger partial charge on any atom is -0.336 e. The summed E-state index contributed by atoms with van der Waals surface area (Å²) in [5.41, 5.74) is 0.00681. The third-order valence-corrected chi connectivity index (χ3v) is 6.29. The molecule has 2 aliphatic rings. The molecule has 6 heteroatoms. The second-order valence-electron chi connectivity index (χ2n) is 8.23. The van der Waals surface area contributed by atoms with E-state index in [1.807, 2.05) is 79.4 Å². The Hall–Kier alpha value is -3.15. The maximum Gasteiger partial charge on any atom is 0.326 e. The van der Waals surface area contributed by atoms with Gasteiger partial charge in [-0.15, -0.1) is 0 Å². The van der Waals surface area contributed by atoms with Crippen LogP contribution in [0.15, 0.2) is 60.7 Å². The zero-order valence-electron chi connectivity index (χ0n) is 17.4. The maximum absolute atomic E-state index is 13.7. The van der Waals surface area contributed by atoms with Gasteiger partial charge in [-0.05, 0) is 44.2 Å². The number of piperidine rings is 1. The van der Waals surface area contributed by atoms with Gasteiger partial charge >= 0.3 is 6.03 Å². The Morgan fingerprint density at radius 1 is 0.933 bits per heavy atom. The molecule has 30 heavy (non-hydrogen) atoms. The normalized spacial score (nSPS) is 23.4. The summed E-state index contributed by atoms with van der Waals surface area (Å²) in [5.74, 6) is -0.606. The number of nitrogens with one attached hydrogen (secondary N) is 1. The van der Waals surface area contributed by atoms with E-state index in [1.165, 1.54) is 0 Å². The first-order valence-electron chi connectivity index (χ1n) is 10.5. The molecule has 6 nitrogen and oxygen atoms in total. The molecule has 2 saturated heterocycles. The minimum absolute atomic E-state index is 0.107. The van der Waals surface area contributed by atoms with Crippen molar-refractivity contribution in [3.63, 3.8) is 0 Å². The number of carbonyl (C=O) groups is 3. The van der Waals surface area contributed by atoms with Crippen LogP contribution in [-0.4, -0.2) is 46.3 Å². The van der Waals surface area contributed by atoms with Crippen molar-refractivity contribution in [3.05, 3.63) is 71.8 Å². The molecular weight excluding hydrogens is 378 g/mol. The summed E-state index contributed by atoms with van der Waals surface area (Å²) in [6, 6.07) is 18.0. The van der Waals surface area contributed by atoms with Crippen LogP contribution in [0.1, 0.15) is 44.2 Å². The molecule has 0 radical (unpaired) electrons. The van der Waals surface area contributed by atoms with Gasteiger partial charge in [0, 0.05) is 12.1 Å². The summed E-state index contributed by atoms with van der Waals surface area (Å²) in [5, 5.41) is 2.90. The summed E-state index contributed by atoms with van der Waals surface area (Å²) < 4.78 is 0. The molecule has 0 aromatic heterocycles. The Balaban J connectivity index is 1.68. The third kappa shape index (κ3) is 3.26. The molecular formula is C24H27N3O3. The molecule has 0 aliphatic carbocycles. The van der Waals surface area contributed by atoms with Gasteiger partial charge in [-0.3, -0.25) is 14.5 Å². The summed E-state index contributed by atoms with van der Waals surface area (Å²) in [6.45, 7) is 3.80. The average Bonchev–Trinajstić information content (AvgIpc) is 3.00. The molecule has 0 saturated carbocycles. The second kappa shape index (κ2) is 7.94. The van der Waals surface area contributed by atoms with Gasteiger partial charge in [0.15, 0.2) is 5.54 Å². The van der Waals surface area contributed by atoms with Gasteiger partial charge in [-0.25, -0.2) is 4.79 Å². The predicted molar refractivity (Wildman–Crippen MR) is 114 cm³/mol. The fourth-order valence-corrected chi connectivity index (χ4v) is 4.78. The summed E-state index contributed by atoms with van der Waals surface area (Å²) >= 11 is 0. The molecule has 0 spiro atoms. The van der Waals surface area contributed by atoms with E-state index in [9.17, 15) is 14.4 Å². The number of nitrogens with zero attached hydrogens (tertiary/aromatic N) is 2. The highest BCUT2D eigenvalue weighted by Crippen LogP contribution is 2.36. The lowest BCUT2D eigenvalue weighted by Gasteiger charge is -2.39.